The van der Waals surface area contributed by atoms with Gasteiger partial charge in [0.25, 0.3) is 5.91 Å². The number of anilines is 1. The summed E-state index contributed by atoms with van der Waals surface area (Å²) in [5, 5.41) is 12.4. The van der Waals surface area contributed by atoms with Crippen LogP contribution in [0.25, 0.3) is 0 Å². The number of pyridine rings is 1. The van der Waals surface area contributed by atoms with Gasteiger partial charge in [0, 0.05) is 29.9 Å². The number of amides is 1. The first-order chi connectivity index (χ1) is 12.1. The summed E-state index contributed by atoms with van der Waals surface area (Å²) in [5.41, 5.74) is 0.915. The molecule has 1 aliphatic rings. The lowest BCUT2D eigenvalue weighted by molar-refractivity contribution is 0.102. The summed E-state index contributed by atoms with van der Waals surface area (Å²) < 4.78 is 1.89. The van der Waals surface area contributed by atoms with Crippen molar-refractivity contribution < 1.29 is 9.90 Å². The second kappa shape index (κ2) is 7.92. The largest absolute Gasteiger partial charge is 0.390 e. The second-order valence-corrected chi connectivity index (χ2v) is 6.00. The quantitative estimate of drug-likeness (QED) is 0.863. The van der Waals surface area contributed by atoms with Crippen LogP contribution in [-0.4, -0.2) is 25.5 Å². The molecule has 2 aromatic heterocycles. The van der Waals surface area contributed by atoms with E-state index in [-0.39, 0.29) is 18.4 Å². The van der Waals surface area contributed by atoms with Gasteiger partial charge in [0.15, 0.2) is 5.82 Å². The van der Waals surface area contributed by atoms with Crippen LogP contribution >= 0.6 is 11.6 Å². The van der Waals surface area contributed by atoms with E-state index in [1.165, 1.54) is 6.20 Å². The molecule has 0 spiro atoms. The van der Waals surface area contributed by atoms with Crippen molar-refractivity contribution in [1.29, 1.82) is 0 Å². The lowest BCUT2D eigenvalue weighted by Gasteiger charge is -2.08. The molecule has 2 heterocycles. The number of halogens is 1. The average molecular weight is 357 g/mol. The molecule has 7 heteroatoms. The lowest BCUT2D eigenvalue weighted by atomic mass is 10.1. The minimum Gasteiger partial charge on any atom is -0.390 e. The first-order valence-electron chi connectivity index (χ1n) is 7.75. The number of allylic oxidation sites excluding steroid dienone is 6. The maximum Gasteiger partial charge on any atom is 0.258 e. The zero-order chi connectivity index (χ0) is 17.6. The van der Waals surface area contributed by atoms with Gasteiger partial charge in [0.1, 0.15) is 0 Å². The monoisotopic (exact) mass is 356 g/mol. The molecular formula is C18H17ClN4O2. The van der Waals surface area contributed by atoms with Crippen LogP contribution in [0.1, 0.15) is 16.1 Å². The highest BCUT2D eigenvalue weighted by Crippen LogP contribution is 2.17. The molecule has 0 aliphatic heterocycles. The normalized spacial score (nSPS) is 16.4. The predicted octanol–water partition coefficient (Wildman–Crippen LogP) is 2.89. The van der Waals surface area contributed by atoms with E-state index in [0.29, 0.717) is 28.7 Å². The van der Waals surface area contributed by atoms with Crippen molar-refractivity contribution in [2.75, 3.05) is 5.32 Å². The summed E-state index contributed by atoms with van der Waals surface area (Å²) in [6.07, 6.45) is 14.6. The Labute approximate surface area is 150 Å². The van der Waals surface area contributed by atoms with Gasteiger partial charge in [-0.3, -0.25) is 9.78 Å². The number of hydrogen-bond donors (Lipinski definition) is 2. The Morgan fingerprint density at radius 2 is 2.20 bits per heavy atom. The topological polar surface area (TPSA) is 80.0 Å². The van der Waals surface area contributed by atoms with Crippen LogP contribution in [0.4, 0.5) is 5.82 Å². The van der Waals surface area contributed by atoms with Gasteiger partial charge in [-0.05, 0) is 18.2 Å². The number of nitrogens with one attached hydrogen (secondary N) is 1. The van der Waals surface area contributed by atoms with E-state index in [9.17, 15) is 4.79 Å². The fourth-order valence-corrected chi connectivity index (χ4v) is 2.63. The molecule has 1 unspecified atom stereocenters. The van der Waals surface area contributed by atoms with Crippen molar-refractivity contribution in [3.63, 3.8) is 0 Å². The molecule has 3 rings (SSSR count). The molecule has 0 radical (unpaired) electrons. The number of imidazole rings is 1. The maximum atomic E-state index is 12.2. The van der Waals surface area contributed by atoms with Crippen molar-refractivity contribution >= 4 is 23.3 Å². The molecule has 2 aromatic rings. The molecule has 25 heavy (non-hydrogen) atoms. The zero-order valence-electron chi connectivity index (χ0n) is 13.3. The number of aliphatic hydroxyl groups is 1. The van der Waals surface area contributed by atoms with Gasteiger partial charge >= 0.3 is 0 Å². The highest BCUT2D eigenvalue weighted by molar-refractivity contribution is 6.31. The molecule has 0 saturated heterocycles. The summed E-state index contributed by atoms with van der Waals surface area (Å²) in [6.45, 7) is 0.514. The number of carbonyl (C=O) groups excluding carboxylic acids is 1. The van der Waals surface area contributed by atoms with E-state index >= 15 is 0 Å². The van der Waals surface area contributed by atoms with Crippen LogP contribution in [0.2, 0.25) is 0 Å². The predicted molar refractivity (Wildman–Crippen MR) is 96.0 cm³/mol. The number of aliphatic hydroxyl groups excluding tert-OH is 1. The zero-order valence-corrected chi connectivity index (χ0v) is 14.1. The molecule has 128 valence electrons. The van der Waals surface area contributed by atoms with E-state index in [1.54, 1.807) is 24.7 Å². The Balaban J connectivity index is 1.63. The van der Waals surface area contributed by atoms with Crippen LogP contribution in [0, 0.1) is 5.92 Å². The molecule has 0 aromatic carbocycles. The molecule has 0 saturated carbocycles. The molecular weight excluding hydrogens is 340 g/mol. The molecule has 0 bridgehead atoms. The van der Waals surface area contributed by atoms with E-state index in [1.807, 2.05) is 28.9 Å². The van der Waals surface area contributed by atoms with Crippen molar-refractivity contribution in [1.82, 2.24) is 14.5 Å². The Morgan fingerprint density at radius 3 is 2.96 bits per heavy atom. The Hall–Kier alpha value is -2.70. The Morgan fingerprint density at radius 1 is 1.32 bits per heavy atom. The highest BCUT2D eigenvalue weighted by Gasteiger charge is 2.10. The molecule has 0 fully saturated rings. The smallest absolute Gasteiger partial charge is 0.258 e. The van der Waals surface area contributed by atoms with Crippen molar-refractivity contribution in [3.05, 3.63) is 77.5 Å². The minimum absolute atomic E-state index is 0.149. The number of aromatic nitrogens is 3. The number of nitrogens with zero attached hydrogens (tertiary/aromatic N) is 3. The summed E-state index contributed by atoms with van der Waals surface area (Å²) >= 11 is 6.08. The van der Waals surface area contributed by atoms with Gasteiger partial charge in [0.05, 0.1) is 24.2 Å². The first-order valence-corrected chi connectivity index (χ1v) is 8.13. The van der Waals surface area contributed by atoms with E-state index in [2.05, 4.69) is 21.4 Å². The fraction of sp³-hybridized carbons (Fsp3) is 0.167. The van der Waals surface area contributed by atoms with Crippen molar-refractivity contribution in [3.8, 4) is 0 Å². The number of hydrogen-bond acceptors (Lipinski definition) is 4. The summed E-state index contributed by atoms with van der Waals surface area (Å²) in [6, 6.07) is 3.22. The van der Waals surface area contributed by atoms with Gasteiger partial charge in [-0.25, -0.2) is 4.98 Å². The third-order valence-electron chi connectivity index (χ3n) is 3.64. The SMILES string of the molecule is O=C(Nc1cn(CC2C=CC=CC(Cl)=C2)cn1)c1ccc(CO)nc1. The Kier molecular flexibility index (Phi) is 5.42. The van der Waals surface area contributed by atoms with Gasteiger partial charge in [0.2, 0.25) is 0 Å². The minimum atomic E-state index is -0.302. The van der Waals surface area contributed by atoms with Crippen LogP contribution < -0.4 is 5.32 Å². The number of rotatable bonds is 5. The lowest BCUT2D eigenvalue weighted by Crippen LogP contribution is -2.12. The third kappa shape index (κ3) is 4.65. The van der Waals surface area contributed by atoms with Crippen molar-refractivity contribution in [2.24, 2.45) is 5.92 Å². The average Bonchev–Trinajstić information content (AvgIpc) is 2.94. The standard InChI is InChI=1S/C18H17ClN4O2/c19-15-4-2-1-3-13(7-15)9-23-10-17(21-12-23)22-18(25)14-5-6-16(11-24)20-8-14/h1-8,10,12-13,24H,9,11H2,(H,22,25). The van der Waals surface area contributed by atoms with E-state index in [4.69, 9.17) is 16.7 Å². The maximum absolute atomic E-state index is 12.2. The highest BCUT2D eigenvalue weighted by atomic mass is 35.5. The molecule has 1 atom stereocenters. The summed E-state index contributed by atoms with van der Waals surface area (Å²) in [4.78, 5) is 20.4. The third-order valence-corrected chi connectivity index (χ3v) is 3.90. The van der Waals surface area contributed by atoms with E-state index in [0.717, 1.165) is 0 Å². The van der Waals surface area contributed by atoms with Crippen LogP contribution in [0.5, 0.6) is 0 Å². The Bertz CT molecular complexity index is 837. The molecule has 1 aliphatic carbocycles. The summed E-state index contributed by atoms with van der Waals surface area (Å²) in [7, 11) is 0. The second-order valence-electron chi connectivity index (χ2n) is 5.57. The molecule has 1 amide bonds. The number of carbonyl (C=O) groups is 1. The van der Waals surface area contributed by atoms with Crippen molar-refractivity contribution in [2.45, 2.75) is 13.2 Å². The van der Waals surface area contributed by atoms with E-state index < -0.39 is 0 Å². The van der Waals surface area contributed by atoms with Crippen LogP contribution in [0.3, 0.4) is 0 Å². The molecule has 2 N–H and O–H groups in total. The van der Waals surface area contributed by atoms with Gasteiger partial charge in [-0.15, -0.1) is 0 Å². The fourth-order valence-electron chi connectivity index (χ4n) is 2.39. The summed E-state index contributed by atoms with van der Waals surface area (Å²) in [5.74, 6) is 0.307. The van der Waals surface area contributed by atoms with Gasteiger partial charge in [-0.1, -0.05) is 35.9 Å². The first kappa shape index (κ1) is 17.1. The van der Waals surface area contributed by atoms with Crippen LogP contribution in [0.15, 0.2) is 66.3 Å². The van der Waals surface area contributed by atoms with Gasteiger partial charge < -0.3 is 15.0 Å². The van der Waals surface area contributed by atoms with Gasteiger partial charge in [-0.2, -0.15) is 0 Å². The van der Waals surface area contributed by atoms with Crippen LogP contribution in [-0.2, 0) is 13.2 Å². The molecule has 6 nitrogen and oxygen atoms in total.